The Morgan fingerprint density at radius 3 is 2.67 bits per heavy atom. The van der Waals surface area contributed by atoms with Gasteiger partial charge in [0.15, 0.2) is 0 Å². The van der Waals surface area contributed by atoms with Crippen LogP contribution in [0.5, 0.6) is 0 Å². The summed E-state index contributed by atoms with van der Waals surface area (Å²) in [4.78, 5) is 11.5. The van der Waals surface area contributed by atoms with E-state index in [0.717, 1.165) is 6.42 Å². The number of hydrogen-bond donors (Lipinski definition) is 2. The SMILES string of the molecule is C[C@@H](NC(=O)CCCN)C1CCCCC1. The Balaban J connectivity index is 2.21. The maximum Gasteiger partial charge on any atom is 0.220 e. The summed E-state index contributed by atoms with van der Waals surface area (Å²) in [6.07, 6.45) is 7.94. The molecule has 15 heavy (non-hydrogen) atoms. The van der Waals surface area contributed by atoms with Crippen molar-refractivity contribution in [1.29, 1.82) is 0 Å². The zero-order valence-corrected chi connectivity index (χ0v) is 9.80. The van der Waals surface area contributed by atoms with Crippen LogP contribution >= 0.6 is 0 Å². The van der Waals surface area contributed by atoms with Crippen molar-refractivity contribution in [1.82, 2.24) is 5.32 Å². The van der Waals surface area contributed by atoms with Crippen LogP contribution in [0.3, 0.4) is 0 Å². The Labute approximate surface area is 92.8 Å². The third-order valence-corrected chi connectivity index (χ3v) is 3.35. The van der Waals surface area contributed by atoms with E-state index >= 15 is 0 Å². The minimum atomic E-state index is 0.165. The second-order valence-electron chi connectivity index (χ2n) is 4.65. The van der Waals surface area contributed by atoms with E-state index in [1.54, 1.807) is 0 Å². The van der Waals surface area contributed by atoms with Crippen LogP contribution in [0, 0.1) is 5.92 Å². The van der Waals surface area contributed by atoms with Crippen molar-refractivity contribution >= 4 is 5.91 Å². The van der Waals surface area contributed by atoms with Crippen LogP contribution in [0.2, 0.25) is 0 Å². The number of nitrogens with two attached hydrogens (primary N) is 1. The number of carbonyl (C=O) groups excluding carboxylic acids is 1. The van der Waals surface area contributed by atoms with E-state index in [2.05, 4.69) is 12.2 Å². The van der Waals surface area contributed by atoms with E-state index in [1.807, 2.05) is 0 Å². The number of rotatable bonds is 5. The molecule has 3 nitrogen and oxygen atoms in total. The molecule has 3 N–H and O–H groups in total. The van der Waals surface area contributed by atoms with Gasteiger partial charge in [-0.2, -0.15) is 0 Å². The molecule has 1 saturated carbocycles. The molecule has 3 heteroatoms. The van der Waals surface area contributed by atoms with Crippen molar-refractivity contribution in [3.05, 3.63) is 0 Å². The van der Waals surface area contributed by atoms with Gasteiger partial charge in [0.2, 0.25) is 5.91 Å². The first-order valence-electron chi connectivity index (χ1n) is 6.23. The smallest absolute Gasteiger partial charge is 0.220 e. The molecule has 88 valence electrons. The van der Waals surface area contributed by atoms with Crippen LogP contribution in [-0.2, 0) is 4.79 Å². The van der Waals surface area contributed by atoms with Gasteiger partial charge >= 0.3 is 0 Å². The molecule has 1 fully saturated rings. The average molecular weight is 212 g/mol. The summed E-state index contributed by atoms with van der Waals surface area (Å²) in [6.45, 7) is 2.74. The quantitative estimate of drug-likeness (QED) is 0.730. The zero-order chi connectivity index (χ0) is 11.1. The summed E-state index contributed by atoms with van der Waals surface area (Å²) in [7, 11) is 0. The summed E-state index contributed by atoms with van der Waals surface area (Å²) in [5.74, 6) is 0.860. The van der Waals surface area contributed by atoms with Gasteiger partial charge < -0.3 is 11.1 Å². The molecule has 0 aromatic heterocycles. The largest absolute Gasteiger partial charge is 0.353 e. The van der Waals surface area contributed by atoms with Crippen molar-refractivity contribution in [2.24, 2.45) is 11.7 Å². The summed E-state index contributed by atoms with van der Waals surface area (Å²) in [5.41, 5.74) is 5.37. The minimum absolute atomic E-state index is 0.165. The van der Waals surface area contributed by atoms with Crippen molar-refractivity contribution < 1.29 is 4.79 Å². The Morgan fingerprint density at radius 1 is 1.40 bits per heavy atom. The fourth-order valence-electron chi connectivity index (χ4n) is 2.34. The Hall–Kier alpha value is -0.570. The molecule has 0 unspecified atom stereocenters. The Kier molecular flexibility index (Phi) is 5.69. The van der Waals surface area contributed by atoms with Gasteiger partial charge in [0, 0.05) is 12.5 Å². The zero-order valence-electron chi connectivity index (χ0n) is 9.80. The van der Waals surface area contributed by atoms with Gasteiger partial charge in [0.05, 0.1) is 0 Å². The summed E-state index contributed by atoms with van der Waals surface area (Å²) in [5, 5.41) is 3.09. The second-order valence-corrected chi connectivity index (χ2v) is 4.65. The normalized spacial score (nSPS) is 19.9. The van der Waals surface area contributed by atoms with E-state index in [4.69, 9.17) is 5.73 Å². The monoisotopic (exact) mass is 212 g/mol. The van der Waals surface area contributed by atoms with Crippen molar-refractivity contribution in [2.45, 2.75) is 57.9 Å². The molecule has 0 spiro atoms. The predicted molar refractivity (Wildman–Crippen MR) is 62.5 cm³/mol. The lowest BCUT2D eigenvalue weighted by Crippen LogP contribution is -2.38. The minimum Gasteiger partial charge on any atom is -0.353 e. The lowest BCUT2D eigenvalue weighted by Gasteiger charge is -2.28. The molecule has 1 aliphatic rings. The first-order chi connectivity index (χ1) is 7.24. The number of carbonyl (C=O) groups is 1. The summed E-state index contributed by atoms with van der Waals surface area (Å²) >= 11 is 0. The maximum atomic E-state index is 11.5. The molecule has 0 bridgehead atoms. The Bertz CT molecular complexity index is 188. The third kappa shape index (κ3) is 4.65. The average Bonchev–Trinajstić information content (AvgIpc) is 2.27. The van der Waals surface area contributed by atoms with Crippen LogP contribution in [-0.4, -0.2) is 18.5 Å². The highest BCUT2D eigenvalue weighted by molar-refractivity contribution is 5.76. The molecule has 0 radical (unpaired) electrons. The second kappa shape index (κ2) is 6.83. The Morgan fingerprint density at radius 2 is 2.07 bits per heavy atom. The molecule has 1 amide bonds. The number of amides is 1. The van der Waals surface area contributed by atoms with Gasteiger partial charge in [-0.1, -0.05) is 19.3 Å². The molecular weight excluding hydrogens is 188 g/mol. The van der Waals surface area contributed by atoms with Gasteiger partial charge in [0.25, 0.3) is 0 Å². The van der Waals surface area contributed by atoms with E-state index in [0.29, 0.717) is 24.9 Å². The lowest BCUT2D eigenvalue weighted by molar-refractivity contribution is -0.122. The topological polar surface area (TPSA) is 55.1 Å². The molecule has 1 atom stereocenters. The van der Waals surface area contributed by atoms with Crippen molar-refractivity contribution in [3.63, 3.8) is 0 Å². The van der Waals surface area contributed by atoms with Crippen LogP contribution in [0.25, 0.3) is 0 Å². The van der Waals surface area contributed by atoms with E-state index < -0.39 is 0 Å². The first kappa shape index (κ1) is 12.5. The standard InChI is InChI=1S/C12H24N2O/c1-10(11-6-3-2-4-7-11)14-12(15)8-5-9-13/h10-11H,2-9,13H2,1H3,(H,14,15)/t10-/m1/s1. The van der Waals surface area contributed by atoms with E-state index in [1.165, 1.54) is 32.1 Å². The molecule has 0 saturated heterocycles. The van der Waals surface area contributed by atoms with Crippen LogP contribution < -0.4 is 11.1 Å². The van der Waals surface area contributed by atoms with Crippen LogP contribution in [0.15, 0.2) is 0 Å². The van der Waals surface area contributed by atoms with Crippen LogP contribution in [0.1, 0.15) is 51.9 Å². The number of hydrogen-bond acceptors (Lipinski definition) is 2. The molecule has 1 aliphatic carbocycles. The molecule has 0 aromatic carbocycles. The maximum absolute atomic E-state index is 11.5. The van der Waals surface area contributed by atoms with Gasteiger partial charge in [-0.3, -0.25) is 4.79 Å². The molecule has 1 rings (SSSR count). The van der Waals surface area contributed by atoms with Gasteiger partial charge in [-0.15, -0.1) is 0 Å². The molecule has 0 heterocycles. The highest BCUT2D eigenvalue weighted by Crippen LogP contribution is 2.26. The van der Waals surface area contributed by atoms with Crippen molar-refractivity contribution in [3.8, 4) is 0 Å². The van der Waals surface area contributed by atoms with Crippen LogP contribution in [0.4, 0.5) is 0 Å². The summed E-state index contributed by atoms with van der Waals surface area (Å²) in [6, 6.07) is 0.343. The summed E-state index contributed by atoms with van der Waals surface area (Å²) < 4.78 is 0. The highest BCUT2D eigenvalue weighted by Gasteiger charge is 2.20. The van der Waals surface area contributed by atoms with E-state index in [-0.39, 0.29) is 5.91 Å². The lowest BCUT2D eigenvalue weighted by atomic mass is 9.84. The highest BCUT2D eigenvalue weighted by atomic mass is 16.1. The number of nitrogens with one attached hydrogen (secondary N) is 1. The first-order valence-corrected chi connectivity index (χ1v) is 6.23. The molecule has 0 aromatic rings. The third-order valence-electron chi connectivity index (χ3n) is 3.35. The predicted octanol–water partition coefficient (Wildman–Crippen LogP) is 1.81. The fraction of sp³-hybridized carbons (Fsp3) is 0.917. The molecular formula is C12H24N2O. The van der Waals surface area contributed by atoms with E-state index in [9.17, 15) is 4.79 Å². The molecule has 0 aliphatic heterocycles. The van der Waals surface area contributed by atoms with Gasteiger partial charge in [0.1, 0.15) is 0 Å². The van der Waals surface area contributed by atoms with Crippen molar-refractivity contribution in [2.75, 3.05) is 6.54 Å². The van der Waals surface area contributed by atoms with Gasteiger partial charge in [-0.05, 0) is 38.6 Å². The van der Waals surface area contributed by atoms with Gasteiger partial charge in [-0.25, -0.2) is 0 Å². The fourth-order valence-corrected chi connectivity index (χ4v) is 2.34.